The zero-order chi connectivity index (χ0) is 13.1. The normalized spacial score (nSPS) is 11.0. The van der Waals surface area contributed by atoms with Crippen LogP contribution in [0.2, 0.25) is 5.02 Å². The minimum atomic E-state index is -1.05. The molecule has 0 saturated carbocycles. The van der Waals surface area contributed by atoms with E-state index in [1.165, 1.54) is 12.3 Å². The lowest BCUT2D eigenvalue weighted by molar-refractivity contribution is 0.0696. The first kappa shape index (κ1) is 12.8. The molecular weight excluding hydrogens is 258 g/mol. The van der Waals surface area contributed by atoms with E-state index in [0.717, 1.165) is 6.42 Å². The molecule has 0 unspecified atom stereocenters. The highest BCUT2D eigenvalue weighted by molar-refractivity contribution is 6.33. The molecule has 0 aromatic carbocycles. The van der Waals surface area contributed by atoms with Crippen molar-refractivity contribution >= 4 is 23.2 Å². The van der Waals surface area contributed by atoms with Crippen molar-refractivity contribution in [3.63, 3.8) is 0 Å². The number of aromatic nitrogens is 3. The van der Waals surface area contributed by atoms with Crippen molar-refractivity contribution in [1.29, 1.82) is 0 Å². The number of pyridine rings is 1. The fourth-order valence-electron chi connectivity index (χ4n) is 1.52. The number of carboxylic acids is 1. The number of rotatable bonds is 5. The number of aromatic carboxylic acids is 1. The predicted octanol–water partition coefficient (Wildman–Crippen LogP) is 2.01. The molecule has 0 bridgehead atoms. The Bertz CT molecular complexity index is 582. The van der Waals surface area contributed by atoms with E-state index in [9.17, 15) is 4.79 Å². The molecule has 0 radical (unpaired) electrons. The lowest BCUT2D eigenvalue weighted by Gasteiger charge is -2.03. The standard InChI is InChI=1S/C11H12ClN3O3/c1-2-3-18-6-9-13-14-10-8(12)4-7(11(16)17)5-15(9)10/h4-5H,2-3,6H2,1H3,(H,16,17). The highest BCUT2D eigenvalue weighted by Gasteiger charge is 2.13. The van der Waals surface area contributed by atoms with Crippen molar-refractivity contribution in [2.24, 2.45) is 0 Å². The molecular formula is C11H12ClN3O3. The predicted molar refractivity (Wildman–Crippen MR) is 64.9 cm³/mol. The molecule has 0 amide bonds. The number of ether oxygens (including phenoxy) is 1. The number of halogens is 1. The van der Waals surface area contributed by atoms with Crippen LogP contribution in [0.25, 0.3) is 5.65 Å². The summed E-state index contributed by atoms with van der Waals surface area (Å²) < 4.78 is 6.90. The van der Waals surface area contributed by atoms with Crippen LogP contribution in [0.1, 0.15) is 29.5 Å². The molecule has 0 aliphatic carbocycles. The Morgan fingerprint density at radius 2 is 2.33 bits per heavy atom. The molecule has 0 aliphatic heterocycles. The number of fused-ring (bicyclic) bond motifs is 1. The van der Waals surface area contributed by atoms with Crippen LogP contribution in [0.15, 0.2) is 12.3 Å². The minimum absolute atomic E-state index is 0.0871. The largest absolute Gasteiger partial charge is 0.478 e. The summed E-state index contributed by atoms with van der Waals surface area (Å²) in [5.41, 5.74) is 0.515. The fraction of sp³-hybridized carbons (Fsp3) is 0.364. The third-order valence-electron chi connectivity index (χ3n) is 2.36. The van der Waals surface area contributed by atoms with Crippen LogP contribution >= 0.6 is 11.6 Å². The zero-order valence-electron chi connectivity index (χ0n) is 9.76. The van der Waals surface area contributed by atoms with Gasteiger partial charge >= 0.3 is 5.97 Å². The molecule has 2 heterocycles. The average Bonchev–Trinajstić information content (AvgIpc) is 2.73. The summed E-state index contributed by atoms with van der Waals surface area (Å²) >= 11 is 5.95. The van der Waals surface area contributed by atoms with Gasteiger partial charge in [0.15, 0.2) is 11.5 Å². The van der Waals surface area contributed by atoms with Gasteiger partial charge in [0.1, 0.15) is 6.61 Å². The van der Waals surface area contributed by atoms with Gasteiger partial charge in [-0.2, -0.15) is 0 Å². The number of nitrogens with zero attached hydrogens (tertiary/aromatic N) is 3. The van der Waals surface area contributed by atoms with Crippen molar-refractivity contribution in [1.82, 2.24) is 14.6 Å². The molecule has 0 saturated heterocycles. The van der Waals surface area contributed by atoms with Gasteiger partial charge in [-0.15, -0.1) is 10.2 Å². The van der Waals surface area contributed by atoms with Crippen molar-refractivity contribution in [2.45, 2.75) is 20.0 Å². The van der Waals surface area contributed by atoms with Crippen LogP contribution < -0.4 is 0 Å². The molecule has 2 aromatic heterocycles. The molecule has 0 aliphatic rings. The lowest BCUT2D eigenvalue weighted by atomic mass is 10.3. The second-order valence-corrected chi connectivity index (χ2v) is 4.15. The van der Waals surface area contributed by atoms with Gasteiger partial charge in [-0.1, -0.05) is 18.5 Å². The monoisotopic (exact) mass is 269 g/mol. The maximum Gasteiger partial charge on any atom is 0.337 e. The molecule has 0 fully saturated rings. The number of hydrogen-bond donors (Lipinski definition) is 1. The molecule has 0 spiro atoms. The summed E-state index contributed by atoms with van der Waals surface area (Å²) in [5, 5.41) is 17.1. The van der Waals surface area contributed by atoms with E-state index in [0.29, 0.717) is 18.1 Å². The Labute approximate surface area is 108 Å². The second kappa shape index (κ2) is 5.32. The topological polar surface area (TPSA) is 76.7 Å². The molecule has 96 valence electrons. The van der Waals surface area contributed by atoms with Gasteiger partial charge < -0.3 is 9.84 Å². The fourth-order valence-corrected chi connectivity index (χ4v) is 1.77. The van der Waals surface area contributed by atoms with E-state index in [2.05, 4.69) is 10.2 Å². The van der Waals surface area contributed by atoms with Crippen LogP contribution in [0, 0.1) is 0 Å². The molecule has 18 heavy (non-hydrogen) atoms. The van der Waals surface area contributed by atoms with Crippen LogP contribution in [0.4, 0.5) is 0 Å². The summed E-state index contributed by atoms with van der Waals surface area (Å²) in [6, 6.07) is 1.35. The van der Waals surface area contributed by atoms with E-state index in [1.807, 2.05) is 6.92 Å². The second-order valence-electron chi connectivity index (χ2n) is 3.74. The van der Waals surface area contributed by atoms with Gasteiger partial charge in [0.25, 0.3) is 0 Å². The zero-order valence-corrected chi connectivity index (χ0v) is 10.5. The van der Waals surface area contributed by atoms with Gasteiger partial charge in [-0.05, 0) is 12.5 Å². The smallest absolute Gasteiger partial charge is 0.337 e. The SMILES string of the molecule is CCCOCc1nnc2c(Cl)cc(C(=O)O)cn12. The third kappa shape index (κ3) is 2.44. The Morgan fingerprint density at radius 3 is 3.00 bits per heavy atom. The molecule has 2 aromatic rings. The first-order valence-electron chi connectivity index (χ1n) is 5.47. The first-order valence-corrected chi connectivity index (χ1v) is 5.85. The quantitative estimate of drug-likeness (QED) is 0.840. The van der Waals surface area contributed by atoms with Crippen molar-refractivity contribution in [3.05, 3.63) is 28.7 Å². The van der Waals surface area contributed by atoms with Crippen molar-refractivity contribution < 1.29 is 14.6 Å². The average molecular weight is 270 g/mol. The maximum atomic E-state index is 10.9. The highest BCUT2D eigenvalue weighted by atomic mass is 35.5. The van der Waals surface area contributed by atoms with Gasteiger partial charge in [-0.3, -0.25) is 4.40 Å². The molecule has 6 nitrogen and oxygen atoms in total. The van der Waals surface area contributed by atoms with Crippen LogP contribution in [0.5, 0.6) is 0 Å². The van der Waals surface area contributed by atoms with Gasteiger partial charge in [-0.25, -0.2) is 4.79 Å². The Balaban J connectivity index is 2.40. The van der Waals surface area contributed by atoms with E-state index in [1.54, 1.807) is 4.40 Å². The van der Waals surface area contributed by atoms with Crippen molar-refractivity contribution in [2.75, 3.05) is 6.61 Å². The summed E-state index contributed by atoms with van der Waals surface area (Å²) in [5.74, 6) is -0.517. The van der Waals surface area contributed by atoms with Crippen LogP contribution in [-0.2, 0) is 11.3 Å². The number of hydrogen-bond acceptors (Lipinski definition) is 4. The third-order valence-corrected chi connectivity index (χ3v) is 2.64. The van der Waals surface area contributed by atoms with Gasteiger partial charge in [0.2, 0.25) is 0 Å². The Hall–Kier alpha value is -1.66. The van der Waals surface area contributed by atoms with Gasteiger partial charge in [0.05, 0.1) is 10.6 Å². The molecule has 0 atom stereocenters. The van der Waals surface area contributed by atoms with Crippen molar-refractivity contribution in [3.8, 4) is 0 Å². The van der Waals surface area contributed by atoms with E-state index < -0.39 is 5.97 Å². The number of carboxylic acid groups (broad SMARTS) is 1. The summed E-state index contributed by atoms with van der Waals surface area (Å²) in [6.07, 6.45) is 2.34. The minimum Gasteiger partial charge on any atom is -0.478 e. The molecule has 1 N–H and O–H groups in total. The summed E-state index contributed by atoms with van der Waals surface area (Å²) in [7, 11) is 0. The van der Waals surface area contributed by atoms with Gasteiger partial charge in [0, 0.05) is 12.8 Å². The summed E-state index contributed by atoms with van der Waals surface area (Å²) in [6.45, 7) is 2.89. The lowest BCUT2D eigenvalue weighted by Crippen LogP contribution is -2.03. The van der Waals surface area contributed by atoms with E-state index in [-0.39, 0.29) is 17.2 Å². The van der Waals surface area contributed by atoms with Crippen LogP contribution in [0.3, 0.4) is 0 Å². The van der Waals surface area contributed by atoms with E-state index in [4.69, 9.17) is 21.4 Å². The molecule has 2 rings (SSSR count). The number of carbonyl (C=O) groups is 1. The Kier molecular flexibility index (Phi) is 3.78. The van der Waals surface area contributed by atoms with E-state index >= 15 is 0 Å². The molecule has 7 heteroatoms. The first-order chi connectivity index (χ1) is 8.63. The maximum absolute atomic E-state index is 10.9. The van der Waals surface area contributed by atoms with Crippen LogP contribution in [-0.4, -0.2) is 32.3 Å². The highest BCUT2D eigenvalue weighted by Crippen LogP contribution is 2.19. The summed E-state index contributed by atoms with van der Waals surface area (Å²) in [4.78, 5) is 10.9. The Morgan fingerprint density at radius 1 is 1.56 bits per heavy atom.